The molecule has 4 rings (SSSR count). The lowest BCUT2D eigenvalue weighted by atomic mass is 10.2. The van der Waals surface area contributed by atoms with Crippen LogP contribution in [0.25, 0.3) is 11.0 Å². The topological polar surface area (TPSA) is 105 Å². The van der Waals surface area contributed by atoms with E-state index in [-0.39, 0.29) is 18.4 Å². The minimum Gasteiger partial charge on any atom is -0.465 e. The predicted octanol–water partition coefficient (Wildman–Crippen LogP) is 5.77. The van der Waals surface area contributed by atoms with Gasteiger partial charge in [-0.05, 0) is 74.0 Å². The molecule has 2 aromatic carbocycles. The maximum atomic E-state index is 11.6. The highest BCUT2D eigenvalue weighted by molar-refractivity contribution is 7.99. The molecule has 3 N–H and O–H groups in total. The van der Waals surface area contributed by atoms with Gasteiger partial charge in [0.05, 0.1) is 18.0 Å². The summed E-state index contributed by atoms with van der Waals surface area (Å²) in [5.74, 6) is 0.119. The van der Waals surface area contributed by atoms with E-state index in [1.54, 1.807) is 24.9 Å². The number of esters is 1. The third-order valence-electron chi connectivity index (χ3n) is 5.13. The Balaban J connectivity index is 1.55. The molecule has 8 nitrogen and oxygen atoms in total. The van der Waals surface area contributed by atoms with E-state index in [2.05, 4.69) is 51.0 Å². The average Bonchev–Trinajstić information content (AvgIpc) is 2.85. The van der Waals surface area contributed by atoms with Crippen molar-refractivity contribution in [3.8, 4) is 0 Å². The standard InChI is InChI=1S/C27H27N5O3S/c1-4-35-26(34)16-29-25-12-10-21-22(13-14-28-27(21)32-25)31-23-15-17(2)5-11-24(23)36-20-8-6-19(7-9-20)30-18(3)33/h5-15H,4,16H2,1-3H3,(H,30,33)(H2,28,29,31,32). The van der Waals surface area contributed by atoms with Gasteiger partial charge in [0.25, 0.3) is 0 Å². The zero-order valence-electron chi connectivity index (χ0n) is 20.3. The smallest absolute Gasteiger partial charge is 0.325 e. The second-order valence-corrected chi connectivity index (χ2v) is 9.13. The molecule has 0 aliphatic heterocycles. The number of hydrogen-bond acceptors (Lipinski definition) is 8. The normalized spacial score (nSPS) is 10.6. The lowest BCUT2D eigenvalue weighted by Gasteiger charge is -2.15. The molecule has 1 amide bonds. The first-order valence-corrected chi connectivity index (χ1v) is 12.3. The van der Waals surface area contributed by atoms with Gasteiger partial charge < -0.3 is 20.7 Å². The molecule has 0 atom stereocenters. The number of hydrogen-bond donors (Lipinski definition) is 3. The number of amides is 1. The molecule has 9 heteroatoms. The maximum Gasteiger partial charge on any atom is 0.325 e. The Hall–Kier alpha value is -4.11. The van der Waals surface area contributed by atoms with Crippen molar-refractivity contribution in [2.45, 2.75) is 30.6 Å². The Morgan fingerprint density at radius 2 is 1.81 bits per heavy atom. The summed E-state index contributed by atoms with van der Waals surface area (Å²) in [6.07, 6.45) is 1.70. The molecule has 0 aliphatic carbocycles. The van der Waals surface area contributed by atoms with Crippen molar-refractivity contribution >= 4 is 57.6 Å². The van der Waals surface area contributed by atoms with Gasteiger partial charge in [-0.15, -0.1) is 0 Å². The number of carbonyl (C=O) groups is 2. The second-order valence-electron chi connectivity index (χ2n) is 8.02. The van der Waals surface area contributed by atoms with E-state index in [1.165, 1.54) is 6.92 Å². The monoisotopic (exact) mass is 501 g/mol. The Labute approximate surface area is 213 Å². The van der Waals surface area contributed by atoms with Crippen LogP contribution in [0.3, 0.4) is 0 Å². The Kier molecular flexibility index (Phi) is 8.02. The molecule has 36 heavy (non-hydrogen) atoms. The lowest BCUT2D eigenvalue weighted by molar-refractivity contribution is -0.140. The Bertz CT molecular complexity index is 1390. The quantitative estimate of drug-likeness (QED) is 0.248. The van der Waals surface area contributed by atoms with Crippen molar-refractivity contribution in [3.63, 3.8) is 0 Å². The van der Waals surface area contributed by atoms with Gasteiger partial charge in [-0.1, -0.05) is 17.8 Å². The number of rotatable bonds is 9. The number of carbonyl (C=O) groups excluding carboxylic acids is 2. The minimum absolute atomic E-state index is 0.0416. The molecule has 0 spiro atoms. The molecule has 0 aliphatic rings. The number of benzene rings is 2. The summed E-state index contributed by atoms with van der Waals surface area (Å²) in [6, 6.07) is 19.7. The summed E-state index contributed by atoms with van der Waals surface area (Å²) in [7, 11) is 0. The lowest BCUT2D eigenvalue weighted by Crippen LogP contribution is -2.17. The van der Waals surface area contributed by atoms with Gasteiger partial charge in [0.15, 0.2) is 5.65 Å². The second kappa shape index (κ2) is 11.5. The van der Waals surface area contributed by atoms with Gasteiger partial charge in [0.2, 0.25) is 5.91 Å². The minimum atomic E-state index is -0.336. The number of pyridine rings is 2. The Morgan fingerprint density at radius 1 is 1.00 bits per heavy atom. The van der Waals surface area contributed by atoms with Crippen LogP contribution in [-0.4, -0.2) is 35.0 Å². The van der Waals surface area contributed by atoms with Gasteiger partial charge >= 0.3 is 5.97 Å². The van der Waals surface area contributed by atoms with Crippen LogP contribution in [0.15, 0.2) is 76.7 Å². The van der Waals surface area contributed by atoms with Gasteiger partial charge in [-0.25, -0.2) is 9.97 Å². The summed E-state index contributed by atoms with van der Waals surface area (Å²) in [6.45, 7) is 5.69. The summed E-state index contributed by atoms with van der Waals surface area (Å²) < 4.78 is 4.95. The zero-order valence-corrected chi connectivity index (χ0v) is 21.1. The third kappa shape index (κ3) is 6.51. The van der Waals surface area contributed by atoms with Crippen LogP contribution in [-0.2, 0) is 14.3 Å². The fourth-order valence-electron chi connectivity index (χ4n) is 3.52. The predicted molar refractivity (Wildman–Crippen MR) is 144 cm³/mol. The zero-order chi connectivity index (χ0) is 25.5. The van der Waals surface area contributed by atoms with Crippen molar-refractivity contribution in [2.75, 3.05) is 29.1 Å². The number of aromatic nitrogens is 2. The van der Waals surface area contributed by atoms with Crippen LogP contribution >= 0.6 is 11.8 Å². The van der Waals surface area contributed by atoms with E-state index in [9.17, 15) is 9.59 Å². The molecule has 0 radical (unpaired) electrons. The van der Waals surface area contributed by atoms with Crippen LogP contribution in [0.1, 0.15) is 19.4 Å². The molecule has 2 aromatic heterocycles. The molecule has 184 valence electrons. The van der Waals surface area contributed by atoms with E-state index in [4.69, 9.17) is 4.74 Å². The van der Waals surface area contributed by atoms with Crippen molar-refractivity contribution in [2.24, 2.45) is 0 Å². The van der Waals surface area contributed by atoms with Crippen LogP contribution in [0, 0.1) is 6.92 Å². The molecule has 0 bridgehead atoms. The molecule has 4 aromatic rings. The number of nitrogens with zero attached hydrogens (tertiary/aromatic N) is 2. The highest BCUT2D eigenvalue weighted by atomic mass is 32.2. The Morgan fingerprint density at radius 3 is 2.56 bits per heavy atom. The SMILES string of the molecule is CCOC(=O)CNc1ccc2c(Nc3cc(C)ccc3Sc3ccc(NC(C)=O)cc3)ccnc2n1. The first-order valence-electron chi connectivity index (χ1n) is 11.5. The molecular formula is C27H27N5O3S. The van der Waals surface area contributed by atoms with Crippen LogP contribution in [0.4, 0.5) is 22.9 Å². The van der Waals surface area contributed by atoms with Crippen LogP contribution < -0.4 is 16.0 Å². The molecule has 0 unspecified atom stereocenters. The van der Waals surface area contributed by atoms with E-state index in [0.717, 1.165) is 37.8 Å². The van der Waals surface area contributed by atoms with Crippen LogP contribution in [0.2, 0.25) is 0 Å². The molecule has 0 fully saturated rings. The number of anilines is 4. The van der Waals surface area contributed by atoms with Crippen LogP contribution in [0.5, 0.6) is 0 Å². The van der Waals surface area contributed by atoms with Gasteiger partial charge in [0.1, 0.15) is 12.4 Å². The van der Waals surface area contributed by atoms with Crippen molar-refractivity contribution < 1.29 is 14.3 Å². The third-order valence-corrected chi connectivity index (χ3v) is 6.21. The van der Waals surface area contributed by atoms with Crippen molar-refractivity contribution in [1.29, 1.82) is 0 Å². The largest absolute Gasteiger partial charge is 0.465 e. The maximum absolute atomic E-state index is 11.6. The van der Waals surface area contributed by atoms with Gasteiger partial charge in [-0.3, -0.25) is 9.59 Å². The molecule has 0 saturated heterocycles. The van der Waals surface area contributed by atoms with E-state index < -0.39 is 0 Å². The van der Waals surface area contributed by atoms with Crippen molar-refractivity contribution in [3.05, 3.63) is 72.4 Å². The summed E-state index contributed by atoms with van der Waals surface area (Å²) in [4.78, 5) is 34.0. The van der Waals surface area contributed by atoms with Crippen molar-refractivity contribution in [1.82, 2.24) is 9.97 Å². The summed E-state index contributed by atoms with van der Waals surface area (Å²) in [5, 5.41) is 10.2. The molecule has 2 heterocycles. The highest BCUT2D eigenvalue weighted by Gasteiger charge is 2.11. The molecular weight excluding hydrogens is 474 g/mol. The first-order chi connectivity index (χ1) is 17.4. The fraction of sp³-hybridized carbons (Fsp3) is 0.185. The van der Waals surface area contributed by atoms with E-state index in [0.29, 0.717) is 18.1 Å². The van der Waals surface area contributed by atoms with Gasteiger partial charge in [-0.2, -0.15) is 0 Å². The van der Waals surface area contributed by atoms with E-state index >= 15 is 0 Å². The summed E-state index contributed by atoms with van der Waals surface area (Å²) in [5.41, 5.74) is 4.29. The summed E-state index contributed by atoms with van der Waals surface area (Å²) >= 11 is 1.63. The molecule has 0 saturated carbocycles. The average molecular weight is 502 g/mol. The van der Waals surface area contributed by atoms with E-state index in [1.807, 2.05) is 42.5 Å². The first kappa shape index (κ1) is 25.0. The number of fused-ring (bicyclic) bond motifs is 1. The number of ether oxygens (including phenoxy) is 1. The number of aryl methyl sites for hydroxylation is 1. The highest BCUT2D eigenvalue weighted by Crippen LogP contribution is 2.37. The number of nitrogens with one attached hydrogen (secondary N) is 3. The van der Waals surface area contributed by atoms with Gasteiger partial charge in [0, 0.05) is 34.0 Å². The fourth-order valence-corrected chi connectivity index (χ4v) is 4.41.